The number of Topliss-reactive ketones (excluding diaryl/α,β-unsaturated/α-hetero) is 1. The lowest BCUT2D eigenvalue weighted by atomic mass is 9.83. The van der Waals surface area contributed by atoms with Gasteiger partial charge in [-0.1, -0.05) is 24.3 Å². The smallest absolute Gasteiger partial charge is 0.240 e. The number of amides is 2. The van der Waals surface area contributed by atoms with E-state index in [1.807, 2.05) is 41.4 Å². The van der Waals surface area contributed by atoms with E-state index in [4.69, 9.17) is 14.2 Å². The molecule has 0 spiro atoms. The molecule has 9 heteroatoms. The Kier molecular flexibility index (Phi) is 5.13. The second-order valence-corrected chi connectivity index (χ2v) is 10.5. The zero-order valence-corrected chi connectivity index (χ0v) is 21.8. The zero-order valence-electron chi connectivity index (χ0n) is 20.2. The van der Waals surface area contributed by atoms with Crippen LogP contribution >= 0.6 is 15.9 Å². The molecule has 8 nitrogen and oxygen atoms in total. The molecule has 3 aromatic rings. The van der Waals surface area contributed by atoms with Crippen LogP contribution in [-0.2, 0) is 9.59 Å². The van der Waals surface area contributed by atoms with Crippen molar-refractivity contribution in [2.24, 2.45) is 11.8 Å². The fourth-order valence-electron chi connectivity index (χ4n) is 6.13. The predicted octanol–water partition coefficient (Wildman–Crippen LogP) is 4.58. The van der Waals surface area contributed by atoms with Crippen molar-refractivity contribution in [2.75, 3.05) is 18.8 Å². The summed E-state index contributed by atoms with van der Waals surface area (Å²) in [5, 5.41) is 0. The van der Waals surface area contributed by atoms with E-state index in [9.17, 15) is 14.4 Å². The summed E-state index contributed by atoms with van der Waals surface area (Å²) in [6.07, 6.45) is 3.78. The molecule has 38 heavy (non-hydrogen) atoms. The van der Waals surface area contributed by atoms with E-state index in [0.29, 0.717) is 33.0 Å². The van der Waals surface area contributed by atoms with E-state index >= 15 is 0 Å². The average molecular weight is 573 g/mol. The molecule has 4 aliphatic heterocycles. The molecule has 4 heterocycles. The van der Waals surface area contributed by atoms with Crippen molar-refractivity contribution >= 4 is 45.3 Å². The van der Waals surface area contributed by atoms with Crippen molar-refractivity contribution in [1.29, 1.82) is 0 Å². The summed E-state index contributed by atoms with van der Waals surface area (Å²) < 4.78 is 16.8. The Morgan fingerprint density at radius 3 is 2.58 bits per heavy atom. The third kappa shape index (κ3) is 3.18. The van der Waals surface area contributed by atoms with Crippen molar-refractivity contribution < 1.29 is 28.6 Å². The fraction of sp³-hybridized carbons (Fsp3) is 0.207. The predicted molar refractivity (Wildman–Crippen MR) is 141 cm³/mol. The molecule has 0 unspecified atom stereocenters. The molecule has 7 rings (SSSR count). The number of nitrogens with zero attached hydrogens (tertiary/aromatic N) is 2. The Bertz CT molecular complexity index is 1570. The second-order valence-electron chi connectivity index (χ2n) is 9.60. The molecule has 0 aromatic heterocycles. The third-order valence-corrected chi connectivity index (χ3v) is 8.40. The molecule has 190 valence electrons. The molecule has 0 saturated carbocycles. The number of ketones is 1. The largest absolute Gasteiger partial charge is 0.496 e. The van der Waals surface area contributed by atoms with Crippen molar-refractivity contribution in [3.8, 4) is 17.2 Å². The number of carbonyl (C=O) groups excluding carboxylic acids is 3. The van der Waals surface area contributed by atoms with Crippen LogP contribution in [0.1, 0.15) is 27.5 Å². The van der Waals surface area contributed by atoms with E-state index in [1.54, 1.807) is 43.5 Å². The van der Waals surface area contributed by atoms with Gasteiger partial charge in [-0.3, -0.25) is 14.4 Å². The number of ether oxygens (including phenoxy) is 3. The van der Waals surface area contributed by atoms with E-state index < -0.39 is 29.8 Å². The lowest BCUT2D eigenvalue weighted by Gasteiger charge is -2.35. The summed E-state index contributed by atoms with van der Waals surface area (Å²) in [4.78, 5) is 45.3. The summed E-state index contributed by atoms with van der Waals surface area (Å²) in [5.74, 6) is -0.917. The normalized spacial score (nSPS) is 24.4. The Morgan fingerprint density at radius 2 is 1.76 bits per heavy atom. The van der Waals surface area contributed by atoms with Crippen molar-refractivity contribution in [3.63, 3.8) is 0 Å². The second kappa shape index (κ2) is 8.46. The van der Waals surface area contributed by atoms with Crippen LogP contribution in [0, 0.1) is 11.8 Å². The summed E-state index contributed by atoms with van der Waals surface area (Å²) >= 11 is 3.46. The molecular weight excluding hydrogens is 552 g/mol. The van der Waals surface area contributed by atoms with Gasteiger partial charge in [-0.05, 0) is 63.5 Å². The van der Waals surface area contributed by atoms with Crippen molar-refractivity contribution in [1.82, 2.24) is 4.90 Å². The molecule has 2 fully saturated rings. The summed E-state index contributed by atoms with van der Waals surface area (Å²) in [6, 6.07) is 16.6. The van der Waals surface area contributed by atoms with Gasteiger partial charge in [0.1, 0.15) is 11.8 Å². The first kappa shape index (κ1) is 23.0. The van der Waals surface area contributed by atoms with E-state index in [2.05, 4.69) is 15.9 Å². The van der Waals surface area contributed by atoms with Gasteiger partial charge in [0.05, 0.1) is 35.1 Å². The highest BCUT2D eigenvalue weighted by atomic mass is 79.9. The van der Waals surface area contributed by atoms with Gasteiger partial charge in [-0.2, -0.15) is 0 Å². The summed E-state index contributed by atoms with van der Waals surface area (Å²) in [7, 11) is 1.55. The topological polar surface area (TPSA) is 85.4 Å². The number of imide groups is 1. The monoisotopic (exact) mass is 572 g/mol. The molecule has 4 aliphatic rings. The van der Waals surface area contributed by atoms with Crippen LogP contribution in [0.15, 0.2) is 71.3 Å². The number of hydrogen-bond acceptors (Lipinski definition) is 7. The third-order valence-electron chi connectivity index (χ3n) is 7.78. The van der Waals surface area contributed by atoms with E-state index in [0.717, 1.165) is 11.1 Å². The van der Waals surface area contributed by atoms with Crippen LogP contribution in [0.5, 0.6) is 17.2 Å². The number of carbonyl (C=O) groups is 3. The molecule has 2 amide bonds. The standard InChI is InChI=1S/C29H21BrN2O6/c1-36-20-8-6-16(12-19(20)30)27(33)26-24-23(25-18-5-3-2-4-15(18)10-11-31(25)26)28(34)32(29(24)35)17-7-9-21-22(13-17)38-14-37-21/h2-13,23-26H,14H2,1H3/t23-,24-,25+,26+/m1/s1. The Morgan fingerprint density at radius 1 is 0.974 bits per heavy atom. The Labute approximate surface area is 226 Å². The van der Waals surface area contributed by atoms with Gasteiger partial charge in [0, 0.05) is 17.8 Å². The molecule has 0 aliphatic carbocycles. The summed E-state index contributed by atoms with van der Waals surface area (Å²) in [5.41, 5.74) is 2.72. The zero-order chi connectivity index (χ0) is 26.1. The van der Waals surface area contributed by atoms with Gasteiger partial charge in [0.25, 0.3) is 0 Å². The molecule has 4 atom stereocenters. The minimum Gasteiger partial charge on any atom is -0.496 e. The molecule has 2 saturated heterocycles. The number of rotatable bonds is 4. The lowest BCUT2D eigenvalue weighted by Crippen LogP contribution is -2.44. The highest BCUT2D eigenvalue weighted by Crippen LogP contribution is 2.54. The summed E-state index contributed by atoms with van der Waals surface area (Å²) in [6.45, 7) is 0.0834. The van der Waals surface area contributed by atoms with Gasteiger partial charge < -0.3 is 19.1 Å². The minimum absolute atomic E-state index is 0.0834. The minimum atomic E-state index is -0.859. The molecule has 0 radical (unpaired) electrons. The van der Waals surface area contributed by atoms with Crippen molar-refractivity contribution in [2.45, 2.75) is 12.1 Å². The van der Waals surface area contributed by atoms with Crippen LogP contribution in [-0.4, -0.2) is 42.4 Å². The number of anilines is 1. The van der Waals surface area contributed by atoms with Crippen LogP contribution in [0.2, 0.25) is 0 Å². The van der Waals surface area contributed by atoms with Crippen LogP contribution < -0.4 is 19.1 Å². The highest BCUT2D eigenvalue weighted by molar-refractivity contribution is 9.10. The van der Waals surface area contributed by atoms with Crippen LogP contribution in [0.4, 0.5) is 5.69 Å². The van der Waals surface area contributed by atoms with E-state index in [-0.39, 0.29) is 18.5 Å². The van der Waals surface area contributed by atoms with Crippen molar-refractivity contribution in [3.05, 3.63) is 88.0 Å². The lowest BCUT2D eigenvalue weighted by molar-refractivity contribution is -0.123. The van der Waals surface area contributed by atoms with Gasteiger partial charge in [0.15, 0.2) is 17.3 Å². The van der Waals surface area contributed by atoms with Gasteiger partial charge in [-0.15, -0.1) is 0 Å². The highest BCUT2D eigenvalue weighted by Gasteiger charge is 2.64. The fourth-order valence-corrected chi connectivity index (χ4v) is 6.67. The number of halogens is 1. The first-order valence-electron chi connectivity index (χ1n) is 12.2. The number of fused-ring (bicyclic) bond motifs is 6. The van der Waals surface area contributed by atoms with Crippen LogP contribution in [0.25, 0.3) is 6.08 Å². The maximum absolute atomic E-state index is 14.1. The average Bonchev–Trinajstić information content (AvgIpc) is 3.61. The first-order valence-corrected chi connectivity index (χ1v) is 13.0. The molecule has 0 bridgehead atoms. The number of benzene rings is 3. The maximum Gasteiger partial charge on any atom is 0.240 e. The van der Waals surface area contributed by atoms with Gasteiger partial charge in [0.2, 0.25) is 18.6 Å². The maximum atomic E-state index is 14.1. The first-order chi connectivity index (χ1) is 18.5. The molecule has 0 N–H and O–H groups in total. The molecular formula is C29H21BrN2O6. The molecule has 3 aromatic carbocycles. The quantitative estimate of drug-likeness (QED) is 0.334. The van der Waals surface area contributed by atoms with Gasteiger partial charge >= 0.3 is 0 Å². The van der Waals surface area contributed by atoms with E-state index in [1.165, 1.54) is 4.90 Å². The number of methoxy groups -OCH3 is 1. The Balaban J connectivity index is 1.35. The number of hydrogen-bond donors (Lipinski definition) is 0. The Hall–Kier alpha value is -4.11. The van der Waals surface area contributed by atoms with Gasteiger partial charge in [-0.25, -0.2) is 4.90 Å². The SMILES string of the molecule is COc1ccc(C(=O)[C@@H]2[C@@H]3C(=O)N(c4ccc5c(c4)OCO5)C(=O)[C@H]3[C@@H]3c4ccccc4C=CN23)cc1Br. The van der Waals surface area contributed by atoms with Crippen LogP contribution in [0.3, 0.4) is 0 Å².